The Morgan fingerprint density at radius 1 is 0.963 bits per heavy atom. The minimum atomic E-state index is -0.434. The summed E-state index contributed by atoms with van der Waals surface area (Å²) in [6.45, 7) is 3.71. The minimum absolute atomic E-state index is 0.161. The fourth-order valence-electron chi connectivity index (χ4n) is 2.16. The molecule has 2 N–H and O–H groups in total. The molecule has 0 unspecified atom stereocenters. The maximum absolute atomic E-state index is 12.2. The summed E-state index contributed by atoms with van der Waals surface area (Å²) < 4.78 is 4.63. The van der Waals surface area contributed by atoms with Crippen LogP contribution in [-0.2, 0) is 14.3 Å². The molecule has 0 fully saturated rings. The average Bonchev–Trinajstić information content (AvgIpc) is 2.67. The molecule has 1 atom stereocenters. The lowest BCUT2D eigenvalue weighted by molar-refractivity contribution is -0.115. The predicted octanol–water partition coefficient (Wildman–Crippen LogP) is 3.48. The number of esters is 1. The lowest BCUT2D eigenvalue weighted by Crippen LogP contribution is -2.25. The van der Waals surface area contributed by atoms with Gasteiger partial charge in [0.25, 0.3) is 0 Å². The fraction of sp³-hybridized carbons (Fsp3) is 0.250. The van der Waals surface area contributed by atoms with Crippen LogP contribution in [0.3, 0.4) is 0 Å². The second-order valence-electron chi connectivity index (χ2n) is 5.93. The Labute approximate surface area is 162 Å². The smallest absolute Gasteiger partial charge is 0.337 e. The summed E-state index contributed by atoms with van der Waals surface area (Å²) in [5.74, 6) is -0.639. The molecule has 2 aromatic carbocycles. The van der Waals surface area contributed by atoms with Gasteiger partial charge in [-0.05, 0) is 50.2 Å². The number of benzene rings is 2. The van der Waals surface area contributed by atoms with E-state index in [4.69, 9.17) is 0 Å². The molecule has 0 saturated heterocycles. The average molecular weight is 386 g/mol. The molecular formula is C20H22N2O4S. The van der Waals surface area contributed by atoms with Crippen molar-refractivity contribution in [1.29, 1.82) is 0 Å². The molecule has 142 valence electrons. The lowest BCUT2D eigenvalue weighted by Gasteiger charge is -2.12. The van der Waals surface area contributed by atoms with E-state index in [0.717, 1.165) is 11.3 Å². The van der Waals surface area contributed by atoms with Crippen LogP contribution >= 0.6 is 11.8 Å². The van der Waals surface area contributed by atoms with E-state index in [9.17, 15) is 14.4 Å². The number of hydrogen-bond acceptors (Lipinski definition) is 5. The van der Waals surface area contributed by atoms with Crippen molar-refractivity contribution < 1.29 is 19.1 Å². The number of amides is 2. The van der Waals surface area contributed by atoms with Gasteiger partial charge in [-0.3, -0.25) is 9.59 Å². The highest BCUT2D eigenvalue weighted by Crippen LogP contribution is 2.16. The molecule has 0 aliphatic carbocycles. The SMILES string of the molecule is COC(=O)c1ccc(NC(=O)[C@@H](C)SCC(=O)Nc2ccc(C)cc2)cc1. The van der Waals surface area contributed by atoms with Gasteiger partial charge >= 0.3 is 5.97 Å². The number of methoxy groups -OCH3 is 1. The van der Waals surface area contributed by atoms with Gasteiger partial charge in [0.15, 0.2) is 0 Å². The van der Waals surface area contributed by atoms with Gasteiger partial charge in [-0.1, -0.05) is 17.7 Å². The summed E-state index contributed by atoms with van der Waals surface area (Å²) in [6.07, 6.45) is 0. The van der Waals surface area contributed by atoms with Crippen LogP contribution in [0.25, 0.3) is 0 Å². The first kappa shape index (κ1) is 20.5. The van der Waals surface area contributed by atoms with E-state index in [1.165, 1.54) is 18.9 Å². The Morgan fingerprint density at radius 2 is 1.52 bits per heavy atom. The van der Waals surface area contributed by atoms with Crippen LogP contribution in [-0.4, -0.2) is 35.9 Å². The second-order valence-corrected chi connectivity index (χ2v) is 7.25. The second kappa shape index (κ2) is 9.78. The zero-order valence-corrected chi connectivity index (χ0v) is 16.3. The van der Waals surface area contributed by atoms with E-state index in [1.807, 2.05) is 31.2 Å². The van der Waals surface area contributed by atoms with Crippen LogP contribution in [0, 0.1) is 6.92 Å². The standard InChI is InChI=1S/C20H22N2O4S/c1-13-4-8-16(9-5-13)21-18(23)12-27-14(2)19(24)22-17-10-6-15(7-11-17)20(25)26-3/h4-11,14H,12H2,1-3H3,(H,21,23)(H,22,24)/t14-/m1/s1. The van der Waals surface area contributed by atoms with Crippen LogP contribution in [0.5, 0.6) is 0 Å². The van der Waals surface area contributed by atoms with Gasteiger partial charge in [0, 0.05) is 11.4 Å². The summed E-state index contributed by atoms with van der Waals surface area (Å²) >= 11 is 1.25. The third-order valence-corrected chi connectivity index (χ3v) is 4.89. The largest absolute Gasteiger partial charge is 0.465 e. The van der Waals surface area contributed by atoms with Crippen molar-refractivity contribution in [3.8, 4) is 0 Å². The monoisotopic (exact) mass is 386 g/mol. The Bertz CT molecular complexity index is 804. The summed E-state index contributed by atoms with van der Waals surface area (Å²) in [5.41, 5.74) is 2.83. The molecule has 2 aromatic rings. The van der Waals surface area contributed by atoms with Crippen molar-refractivity contribution in [2.24, 2.45) is 0 Å². The van der Waals surface area contributed by atoms with Gasteiger partial charge in [0.2, 0.25) is 11.8 Å². The number of nitrogens with one attached hydrogen (secondary N) is 2. The molecule has 0 bridgehead atoms. The van der Waals surface area contributed by atoms with Crippen LogP contribution in [0.4, 0.5) is 11.4 Å². The Morgan fingerprint density at radius 3 is 2.11 bits per heavy atom. The fourth-order valence-corrected chi connectivity index (χ4v) is 2.85. The number of aryl methyl sites for hydroxylation is 1. The van der Waals surface area contributed by atoms with Crippen LogP contribution < -0.4 is 10.6 Å². The summed E-state index contributed by atoms with van der Waals surface area (Å²) in [7, 11) is 1.31. The number of hydrogen-bond donors (Lipinski definition) is 2. The number of thioether (sulfide) groups is 1. The topological polar surface area (TPSA) is 84.5 Å². The minimum Gasteiger partial charge on any atom is -0.465 e. The van der Waals surface area contributed by atoms with Gasteiger partial charge in [-0.2, -0.15) is 0 Å². The molecule has 0 saturated carbocycles. The number of carbonyl (C=O) groups excluding carboxylic acids is 3. The maximum atomic E-state index is 12.2. The lowest BCUT2D eigenvalue weighted by atomic mass is 10.2. The normalized spacial score (nSPS) is 11.4. The van der Waals surface area contributed by atoms with Crippen molar-refractivity contribution in [2.75, 3.05) is 23.5 Å². The van der Waals surface area contributed by atoms with E-state index >= 15 is 0 Å². The number of ether oxygens (including phenoxy) is 1. The van der Waals surface area contributed by atoms with E-state index in [2.05, 4.69) is 15.4 Å². The zero-order valence-electron chi connectivity index (χ0n) is 15.4. The number of carbonyl (C=O) groups is 3. The third-order valence-electron chi connectivity index (χ3n) is 3.74. The molecule has 2 amide bonds. The van der Waals surface area contributed by atoms with Gasteiger partial charge in [0.1, 0.15) is 0 Å². The summed E-state index contributed by atoms with van der Waals surface area (Å²) in [4.78, 5) is 35.6. The first-order valence-electron chi connectivity index (χ1n) is 8.36. The van der Waals surface area contributed by atoms with Gasteiger partial charge < -0.3 is 15.4 Å². The molecule has 0 heterocycles. The molecule has 7 heteroatoms. The van der Waals surface area contributed by atoms with E-state index in [0.29, 0.717) is 11.3 Å². The molecule has 2 rings (SSSR count). The number of rotatable bonds is 7. The zero-order chi connectivity index (χ0) is 19.8. The summed E-state index contributed by atoms with van der Waals surface area (Å²) in [5, 5.41) is 5.15. The van der Waals surface area contributed by atoms with Crippen molar-refractivity contribution in [3.05, 3.63) is 59.7 Å². The quantitative estimate of drug-likeness (QED) is 0.712. The Kier molecular flexibility index (Phi) is 7.43. The van der Waals surface area contributed by atoms with E-state index in [1.54, 1.807) is 31.2 Å². The Hall–Kier alpha value is -2.80. The van der Waals surface area contributed by atoms with E-state index < -0.39 is 11.2 Å². The molecule has 6 nitrogen and oxygen atoms in total. The number of anilines is 2. The van der Waals surface area contributed by atoms with E-state index in [-0.39, 0.29) is 17.6 Å². The predicted molar refractivity (Wildman–Crippen MR) is 108 cm³/mol. The van der Waals surface area contributed by atoms with Gasteiger partial charge in [-0.15, -0.1) is 11.8 Å². The molecule has 0 aromatic heterocycles. The highest BCUT2D eigenvalue weighted by atomic mass is 32.2. The first-order chi connectivity index (χ1) is 12.9. The highest BCUT2D eigenvalue weighted by Gasteiger charge is 2.16. The maximum Gasteiger partial charge on any atom is 0.337 e. The molecule has 27 heavy (non-hydrogen) atoms. The van der Waals surface area contributed by atoms with Crippen LogP contribution in [0.2, 0.25) is 0 Å². The van der Waals surface area contributed by atoms with Crippen molar-refractivity contribution in [1.82, 2.24) is 0 Å². The van der Waals surface area contributed by atoms with Crippen molar-refractivity contribution in [3.63, 3.8) is 0 Å². The molecule has 0 spiro atoms. The molecular weight excluding hydrogens is 364 g/mol. The molecule has 0 radical (unpaired) electrons. The summed E-state index contributed by atoms with van der Waals surface area (Å²) in [6, 6.07) is 13.9. The molecule has 0 aliphatic rings. The molecule has 0 aliphatic heterocycles. The van der Waals surface area contributed by atoms with Crippen molar-refractivity contribution >= 4 is 40.9 Å². The van der Waals surface area contributed by atoms with Crippen LogP contribution in [0.15, 0.2) is 48.5 Å². The Balaban J connectivity index is 1.80. The van der Waals surface area contributed by atoms with Gasteiger partial charge in [0.05, 0.1) is 23.7 Å². The highest BCUT2D eigenvalue weighted by molar-refractivity contribution is 8.01. The van der Waals surface area contributed by atoms with Crippen molar-refractivity contribution in [2.45, 2.75) is 19.1 Å². The van der Waals surface area contributed by atoms with Crippen LogP contribution in [0.1, 0.15) is 22.8 Å². The first-order valence-corrected chi connectivity index (χ1v) is 9.41. The van der Waals surface area contributed by atoms with Gasteiger partial charge in [-0.25, -0.2) is 4.79 Å². The third kappa shape index (κ3) is 6.45.